The van der Waals surface area contributed by atoms with Crippen LogP contribution in [0.1, 0.15) is 29.6 Å². The van der Waals surface area contributed by atoms with Gasteiger partial charge >= 0.3 is 5.97 Å². The number of rotatable bonds is 6. The minimum absolute atomic E-state index is 0.0241. The smallest absolute Gasteiger partial charge is 0.303 e. The number of benzene rings is 2. The van der Waals surface area contributed by atoms with Crippen LogP contribution in [-0.2, 0) is 4.79 Å². The van der Waals surface area contributed by atoms with E-state index in [0.717, 1.165) is 16.5 Å². The molecular formula is C16H16O4. The number of aliphatic carboxylic acids is 1. The van der Waals surface area contributed by atoms with E-state index >= 15 is 0 Å². The van der Waals surface area contributed by atoms with E-state index in [1.54, 1.807) is 13.2 Å². The van der Waals surface area contributed by atoms with E-state index in [9.17, 15) is 9.59 Å². The van der Waals surface area contributed by atoms with E-state index < -0.39 is 5.97 Å². The molecule has 0 amide bonds. The van der Waals surface area contributed by atoms with Gasteiger partial charge in [-0.2, -0.15) is 0 Å². The lowest BCUT2D eigenvalue weighted by molar-refractivity contribution is -0.137. The van der Waals surface area contributed by atoms with Gasteiger partial charge in [-0.05, 0) is 35.4 Å². The SMILES string of the molecule is COc1ccc2cc(C(=O)CCCC(=O)O)ccc2c1. The van der Waals surface area contributed by atoms with Gasteiger partial charge in [0.1, 0.15) is 5.75 Å². The molecule has 4 nitrogen and oxygen atoms in total. The van der Waals surface area contributed by atoms with Gasteiger partial charge in [-0.15, -0.1) is 0 Å². The molecule has 0 fully saturated rings. The molecule has 2 rings (SSSR count). The summed E-state index contributed by atoms with van der Waals surface area (Å²) in [6.45, 7) is 0. The van der Waals surface area contributed by atoms with Crippen molar-refractivity contribution in [3.8, 4) is 5.75 Å². The summed E-state index contributed by atoms with van der Waals surface area (Å²) in [7, 11) is 1.61. The molecule has 0 aliphatic rings. The topological polar surface area (TPSA) is 63.6 Å². The number of fused-ring (bicyclic) bond motifs is 1. The number of hydrogen-bond acceptors (Lipinski definition) is 3. The summed E-state index contributed by atoms with van der Waals surface area (Å²) in [6, 6.07) is 11.1. The molecule has 1 N–H and O–H groups in total. The number of ether oxygens (including phenoxy) is 1. The van der Waals surface area contributed by atoms with Crippen molar-refractivity contribution >= 4 is 22.5 Å². The van der Waals surface area contributed by atoms with E-state index in [1.807, 2.05) is 30.3 Å². The predicted molar refractivity (Wildman–Crippen MR) is 76.3 cm³/mol. The van der Waals surface area contributed by atoms with E-state index in [-0.39, 0.29) is 18.6 Å². The number of ketones is 1. The Hall–Kier alpha value is -2.36. The van der Waals surface area contributed by atoms with Crippen molar-refractivity contribution in [2.45, 2.75) is 19.3 Å². The number of carboxylic acid groups (broad SMARTS) is 1. The molecule has 0 heterocycles. The summed E-state index contributed by atoms with van der Waals surface area (Å²) in [6.07, 6.45) is 0.652. The second-order valence-electron chi connectivity index (χ2n) is 4.60. The third-order valence-corrected chi connectivity index (χ3v) is 3.16. The highest BCUT2D eigenvalue weighted by molar-refractivity contribution is 6.00. The fourth-order valence-electron chi connectivity index (χ4n) is 2.07. The quantitative estimate of drug-likeness (QED) is 0.819. The Morgan fingerprint density at radius 1 is 1.05 bits per heavy atom. The van der Waals surface area contributed by atoms with Crippen LogP contribution in [0.3, 0.4) is 0 Å². The standard InChI is InChI=1S/C16H16O4/c1-20-14-8-7-11-9-13(6-5-12(11)10-14)15(17)3-2-4-16(18)19/h5-10H,2-4H2,1H3,(H,18,19). The zero-order chi connectivity index (χ0) is 14.5. The molecule has 20 heavy (non-hydrogen) atoms. The monoisotopic (exact) mass is 272 g/mol. The van der Waals surface area contributed by atoms with Gasteiger partial charge < -0.3 is 9.84 Å². The maximum atomic E-state index is 12.0. The number of Topliss-reactive ketones (excluding diaryl/α,β-unsaturated/α-hetero) is 1. The van der Waals surface area contributed by atoms with Crippen molar-refractivity contribution < 1.29 is 19.4 Å². The number of methoxy groups -OCH3 is 1. The van der Waals surface area contributed by atoms with Crippen molar-refractivity contribution in [3.63, 3.8) is 0 Å². The zero-order valence-electron chi connectivity index (χ0n) is 11.3. The fraction of sp³-hybridized carbons (Fsp3) is 0.250. The lowest BCUT2D eigenvalue weighted by Gasteiger charge is -2.05. The van der Waals surface area contributed by atoms with E-state index in [2.05, 4.69) is 0 Å². The largest absolute Gasteiger partial charge is 0.497 e. The summed E-state index contributed by atoms with van der Waals surface area (Å²) in [5, 5.41) is 10.5. The van der Waals surface area contributed by atoms with Gasteiger partial charge in [0.05, 0.1) is 7.11 Å². The molecule has 0 unspecified atom stereocenters. The highest BCUT2D eigenvalue weighted by Crippen LogP contribution is 2.22. The Balaban J connectivity index is 2.15. The Morgan fingerprint density at radius 2 is 1.75 bits per heavy atom. The number of hydrogen-bond donors (Lipinski definition) is 1. The van der Waals surface area contributed by atoms with Crippen LogP contribution >= 0.6 is 0 Å². The zero-order valence-corrected chi connectivity index (χ0v) is 11.3. The van der Waals surface area contributed by atoms with Gasteiger partial charge in [0.2, 0.25) is 0 Å². The van der Waals surface area contributed by atoms with Crippen LogP contribution in [-0.4, -0.2) is 24.0 Å². The average Bonchev–Trinajstić information content (AvgIpc) is 2.45. The molecule has 0 bridgehead atoms. The molecule has 0 aliphatic heterocycles. The van der Waals surface area contributed by atoms with Crippen molar-refractivity contribution in [1.29, 1.82) is 0 Å². The van der Waals surface area contributed by atoms with Gasteiger partial charge in [-0.25, -0.2) is 0 Å². The Labute approximate surface area is 117 Å². The van der Waals surface area contributed by atoms with Crippen LogP contribution in [0.2, 0.25) is 0 Å². The van der Waals surface area contributed by atoms with Gasteiger partial charge in [0.15, 0.2) is 5.78 Å². The summed E-state index contributed by atoms with van der Waals surface area (Å²) in [5.74, 6) is -0.120. The molecule has 0 radical (unpaired) electrons. The van der Waals surface area contributed by atoms with Gasteiger partial charge in [-0.1, -0.05) is 18.2 Å². The molecular weight excluding hydrogens is 256 g/mol. The summed E-state index contributed by atoms with van der Waals surface area (Å²) < 4.78 is 5.15. The van der Waals surface area contributed by atoms with Gasteiger partial charge in [0.25, 0.3) is 0 Å². The molecule has 104 valence electrons. The lowest BCUT2D eigenvalue weighted by atomic mass is 10.0. The summed E-state index contributed by atoms with van der Waals surface area (Å²) in [4.78, 5) is 22.4. The molecule has 2 aromatic carbocycles. The highest BCUT2D eigenvalue weighted by atomic mass is 16.5. The highest BCUT2D eigenvalue weighted by Gasteiger charge is 2.08. The Bertz CT molecular complexity index is 646. The van der Waals surface area contributed by atoms with Crippen molar-refractivity contribution in [1.82, 2.24) is 0 Å². The van der Waals surface area contributed by atoms with Crippen molar-refractivity contribution in [2.75, 3.05) is 7.11 Å². The molecule has 2 aromatic rings. The second kappa shape index (κ2) is 6.19. The minimum atomic E-state index is -0.872. The van der Waals surface area contributed by atoms with E-state index in [0.29, 0.717) is 12.0 Å². The maximum absolute atomic E-state index is 12.0. The number of carboxylic acids is 1. The van der Waals surface area contributed by atoms with Crippen LogP contribution in [0, 0.1) is 0 Å². The third kappa shape index (κ3) is 3.35. The summed E-state index contributed by atoms with van der Waals surface area (Å²) in [5.41, 5.74) is 0.619. The molecule has 0 atom stereocenters. The van der Waals surface area contributed by atoms with Crippen molar-refractivity contribution in [2.24, 2.45) is 0 Å². The predicted octanol–water partition coefficient (Wildman–Crippen LogP) is 3.29. The molecule has 0 aromatic heterocycles. The lowest BCUT2D eigenvalue weighted by Crippen LogP contribution is -2.01. The fourth-order valence-corrected chi connectivity index (χ4v) is 2.07. The average molecular weight is 272 g/mol. The third-order valence-electron chi connectivity index (χ3n) is 3.16. The number of carbonyl (C=O) groups is 2. The van der Waals surface area contributed by atoms with Crippen LogP contribution in [0.4, 0.5) is 0 Å². The summed E-state index contributed by atoms with van der Waals surface area (Å²) >= 11 is 0. The first-order valence-electron chi connectivity index (χ1n) is 6.43. The van der Waals surface area contributed by atoms with Crippen LogP contribution in [0.25, 0.3) is 10.8 Å². The number of carbonyl (C=O) groups excluding carboxylic acids is 1. The first kappa shape index (κ1) is 14.1. The molecule has 0 spiro atoms. The van der Waals surface area contributed by atoms with Gasteiger partial charge in [0, 0.05) is 18.4 Å². The normalized spacial score (nSPS) is 10.4. The molecule has 0 aliphatic carbocycles. The Morgan fingerprint density at radius 3 is 2.45 bits per heavy atom. The van der Waals surface area contributed by atoms with Crippen molar-refractivity contribution in [3.05, 3.63) is 42.0 Å². The first-order chi connectivity index (χ1) is 9.60. The van der Waals surface area contributed by atoms with E-state index in [1.165, 1.54) is 0 Å². The van der Waals surface area contributed by atoms with Crippen LogP contribution in [0.5, 0.6) is 5.75 Å². The van der Waals surface area contributed by atoms with Crippen LogP contribution in [0.15, 0.2) is 36.4 Å². The van der Waals surface area contributed by atoms with Crippen LogP contribution < -0.4 is 4.74 Å². The first-order valence-corrected chi connectivity index (χ1v) is 6.43. The molecule has 0 saturated carbocycles. The second-order valence-corrected chi connectivity index (χ2v) is 4.60. The molecule has 4 heteroatoms. The molecule has 0 saturated heterocycles. The minimum Gasteiger partial charge on any atom is -0.497 e. The maximum Gasteiger partial charge on any atom is 0.303 e. The van der Waals surface area contributed by atoms with Gasteiger partial charge in [-0.3, -0.25) is 9.59 Å². The Kier molecular flexibility index (Phi) is 4.35. The van der Waals surface area contributed by atoms with E-state index in [4.69, 9.17) is 9.84 Å².